The van der Waals surface area contributed by atoms with E-state index in [1.807, 2.05) is 18.2 Å². The normalized spacial score (nSPS) is 29.0. The molecule has 0 spiro atoms. The van der Waals surface area contributed by atoms with Crippen LogP contribution in [-0.2, 0) is 11.3 Å². The van der Waals surface area contributed by atoms with E-state index in [1.165, 1.54) is 24.0 Å². The van der Waals surface area contributed by atoms with Gasteiger partial charge in [0.1, 0.15) is 5.01 Å². The minimum atomic E-state index is 0. The highest BCUT2D eigenvalue weighted by Crippen LogP contribution is 2.41. The first-order valence-electron chi connectivity index (χ1n) is 8.58. The Morgan fingerprint density at radius 3 is 2.67 bits per heavy atom. The second-order valence-corrected chi connectivity index (χ2v) is 8.11. The molecule has 2 aliphatic carbocycles. The lowest BCUT2D eigenvalue weighted by molar-refractivity contribution is -0.128. The molecule has 1 heterocycles. The van der Waals surface area contributed by atoms with Gasteiger partial charge in [0.05, 0.1) is 16.8 Å². The number of hydrogen-bond acceptors (Lipinski definition) is 4. The molecule has 2 aliphatic rings. The van der Waals surface area contributed by atoms with Gasteiger partial charge in [-0.3, -0.25) is 4.79 Å². The SMILES string of the molecule is Cl.NC1C2CCCC1CC(C(=O)NCc1nc3ccccc3s1)C2. The molecule has 1 aromatic carbocycles. The average molecular weight is 366 g/mol. The molecule has 0 aliphatic heterocycles. The van der Waals surface area contributed by atoms with Crippen LogP contribution < -0.4 is 11.1 Å². The van der Waals surface area contributed by atoms with E-state index in [4.69, 9.17) is 5.73 Å². The van der Waals surface area contributed by atoms with Crippen molar-refractivity contribution < 1.29 is 4.79 Å². The van der Waals surface area contributed by atoms with Crippen molar-refractivity contribution in [2.75, 3.05) is 0 Å². The van der Waals surface area contributed by atoms with Gasteiger partial charge in [-0.05, 0) is 49.7 Å². The third kappa shape index (κ3) is 3.44. The summed E-state index contributed by atoms with van der Waals surface area (Å²) < 4.78 is 1.18. The number of nitrogens with zero attached hydrogens (tertiary/aromatic N) is 1. The monoisotopic (exact) mass is 365 g/mol. The van der Waals surface area contributed by atoms with Crippen LogP contribution >= 0.6 is 23.7 Å². The second-order valence-electron chi connectivity index (χ2n) is 6.99. The summed E-state index contributed by atoms with van der Waals surface area (Å²) in [5.41, 5.74) is 7.33. The molecule has 2 fully saturated rings. The number of aromatic nitrogens is 1. The number of carbonyl (C=O) groups excluding carboxylic acids is 1. The first-order chi connectivity index (χ1) is 11.2. The Bertz CT molecular complexity index is 672. The third-order valence-corrected chi connectivity index (χ3v) is 6.57. The maximum atomic E-state index is 12.5. The second kappa shape index (κ2) is 7.38. The highest BCUT2D eigenvalue weighted by Gasteiger charge is 2.40. The van der Waals surface area contributed by atoms with Crippen LogP contribution in [0.25, 0.3) is 10.2 Å². The summed E-state index contributed by atoms with van der Waals surface area (Å²) in [6.45, 7) is 0.538. The van der Waals surface area contributed by atoms with E-state index in [9.17, 15) is 4.79 Å². The van der Waals surface area contributed by atoms with Gasteiger partial charge in [0.2, 0.25) is 5.91 Å². The number of nitrogens with one attached hydrogen (secondary N) is 1. The lowest BCUT2D eigenvalue weighted by Gasteiger charge is -2.43. The van der Waals surface area contributed by atoms with Crippen LogP contribution in [0.4, 0.5) is 0 Å². The smallest absolute Gasteiger partial charge is 0.223 e. The van der Waals surface area contributed by atoms with Crippen molar-refractivity contribution in [3.05, 3.63) is 29.3 Å². The molecule has 130 valence electrons. The Balaban J connectivity index is 0.00000169. The van der Waals surface area contributed by atoms with Gasteiger partial charge < -0.3 is 11.1 Å². The summed E-state index contributed by atoms with van der Waals surface area (Å²) in [5, 5.41) is 4.08. The van der Waals surface area contributed by atoms with Gasteiger partial charge in [-0.15, -0.1) is 23.7 Å². The maximum absolute atomic E-state index is 12.5. The zero-order valence-corrected chi connectivity index (χ0v) is 15.2. The third-order valence-electron chi connectivity index (χ3n) is 5.54. The van der Waals surface area contributed by atoms with Gasteiger partial charge in [0.25, 0.3) is 0 Å². The molecule has 24 heavy (non-hydrogen) atoms. The quantitative estimate of drug-likeness (QED) is 0.874. The summed E-state index contributed by atoms with van der Waals surface area (Å²) >= 11 is 1.66. The van der Waals surface area contributed by atoms with Gasteiger partial charge in [0.15, 0.2) is 0 Å². The Morgan fingerprint density at radius 1 is 1.25 bits per heavy atom. The number of hydrogen-bond donors (Lipinski definition) is 2. The van der Waals surface area contributed by atoms with Crippen molar-refractivity contribution in [3.63, 3.8) is 0 Å². The first-order valence-corrected chi connectivity index (χ1v) is 9.40. The molecule has 2 saturated carbocycles. The first kappa shape index (κ1) is 17.6. The fourth-order valence-electron chi connectivity index (χ4n) is 4.31. The van der Waals surface area contributed by atoms with Crippen molar-refractivity contribution in [1.82, 2.24) is 10.3 Å². The number of rotatable bonds is 3. The number of fused-ring (bicyclic) bond motifs is 3. The Hall–Kier alpha value is -1.17. The fourth-order valence-corrected chi connectivity index (χ4v) is 5.21. The van der Waals surface area contributed by atoms with Crippen molar-refractivity contribution in [1.29, 1.82) is 0 Å². The van der Waals surface area contributed by atoms with E-state index in [0.717, 1.165) is 23.4 Å². The maximum Gasteiger partial charge on any atom is 0.223 e. The van der Waals surface area contributed by atoms with Gasteiger partial charge in [-0.25, -0.2) is 4.98 Å². The number of amides is 1. The molecule has 3 N–H and O–H groups in total. The molecule has 2 atom stereocenters. The molecule has 0 saturated heterocycles. The largest absolute Gasteiger partial charge is 0.349 e. The van der Waals surface area contributed by atoms with Crippen LogP contribution in [0.15, 0.2) is 24.3 Å². The van der Waals surface area contributed by atoms with Gasteiger partial charge in [-0.1, -0.05) is 18.6 Å². The van der Waals surface area contributed by atoms with Crippen LogP contribution in [-0.4, -0.2) is 16.9 Å². The van der Waals surface area contributed by atoms with Crippen molar-refractivity contribution in [3.8, 4) is 0 Å². The van der Waals surface area contributed by atoms with Gasteiger partial charge in [-0.2, -0.15) is 0 Å². The van der Waals surface area contributed by atoms with E-state index in [-0.39, 0.29) is 24.2 Å². The van der Waals surface area contributed by atoms with Crippen LogP contribution in [0.2, 0.25) is 0 Å². The standard InChI is InChI=1S/C18H23N3OS.ClH/c19-17-11-4-3-5-12(17)9-13(8-11)18(22)20-10-16-21-14-6-1-2-7-15(14)23-16;/h1-2,6-7,11-13,17H,3-5,8-10,19H2,(H,20,22);1H. The molecule has 0 radical (unpaired) electrons. The predicted molar refractivity (Wildman–Crippen MR) is 100 cm³/mol. The lowest BCUT2D eigenvalue weighted by Crippen LogP contribution is -2.49. The molecule has 2 unspecified atom stereocenters. The molecular formula is C18H24ClN3OS. The number of halogens is 1. The Labute approximate surface area is 152 Å². The van der Waals surface area contributed by atoms with Crippen LogP contribution in [0.1, 0.15) is 37.1 Å². The number of para-hydroxylation sites is 1. The molecule has 2 bridgehead atoms. The Morgan fingerprint density at radius 2 is 1.96 bits per heavy atom. The average Bonchev–Trinajstić information content (AvgIpc) is 2.95. The molecule has 1 aromatic heterocycles. The fraction of sp³-hybridized carbons (Fsp3) is 0.556. The van der Waals surface area contributed by atoms with Crippen molar-refractivity contribution in [2.45, 2.75) is 44.7 Å². The van der Waals surface area contributed by atoms with E-state index in [2.05, 4.69) is 16.4 Å². The number of benzene rings is 1. The zero-order chi connectivity index (χ0) is 15.8. The van der Waals surface area contributed by atoms with Crippen molar-refractivity contribution >= 4 is 39.9 Å². The van der Waals surface area contributed by atoms with Gasteiger partial charge in [0, 0.05) is 12.0 Å². The molecule has 1 amide bonds. The van der Waals surface area contributed by atoms with E-state index in [1.54, 1.807) is 11.3 Å². The van der Waals surface area contributed by atoms with Gasteiger partial charge >= 0.3 is 0 Å². The predicted octanol–water partition coefficient (Wildman–Crippen LogP) is 3.49. The minimum Gasteiger partial charge on any atom is -0.349 e. The number of thiazole rings is 1. The topological polar surface area (TPSA) is 68.0 Å². The highest BCUT2D eigenvalue weighted by atomic mass is 35.5. The molecule has 6 heteroatoms. The summed E-state index contributed by atoms with van der Waals surface area (Å²) in [7, 11) is 0. The Kier molecular flexibility index (Phi) is 5.42. The summed E-state index contributed by atoms with van der Waals surface area (Å²) in [5.74, 6) is 1.41. The van der Waals surface area contributed by atoms with Crippen LogP contribution in [0.5, 0.6) is 0 Å². The summed E-state index contributed by atoms with van der Waals surface area (Å²) in [4.78, 5) is 17.1. The van der Waals surface area contributed by atoms with E-state index < -0.39 is 0 Å². The van der Waals surface area contributed by atoms with Crippen LogP contribution in [0.3, 0.4) is 0 Å². The van der Waals surface area contributed by atoms with Crippen LogP contribution in [0, 0.1) is 17.8 Å². The summed E-state index contributed by atoms with van der Waals surface area (Å²) in [6.07, 6.45) is 5.59. The number of carbonyl (C=O) groups is 1. The molecule has 4 nitrogen and oxygen atoms in total. The number of nitrogens with two attached hydrogens (primary N) is 1. The zero-order valence-electron chi connectivity index (χ0n) is 13.6. The highest BCUT2D eigenvalue weighted by molar-refractivity contribution is 7.18. The van der Waals surface area contributed by atoms with E-state index in [0.29, 0.717) is 24.4 Å². The van der Waals surface area contributed by atoms with E-state index >= 15 is 0 Å². The molecular weight excluding hydrogens is 342 g/mol. The molecule has 4 rings (SSSR count). The van der Waals surface area contributed by atoms with Crippen molar-refractivity contribution in [2.24, 2.45) is 23.5 Å². The summed E-state index contributed by atoms with van der Waals surface area (Å²) in [6, 6.07) is 8.42. The molecule has 2 aromatic rings. The lowest BCUT2D eigenvalue weighted by atomic mass is 9.65. The minimum absolute atomic E-state index is 0.